The molecule has 19 heavy (non-hydrogen) atoms. The zero-order valence-electron chi connectivity index (χ0n) is 10.3. The quantitative estimate of drug-likeness (QED) is 0.799. The highest BCUT2D eigenvalue weighted by molar-refractivity contribution is 7.85. The van der Waals surface area contributed by atoms with Gasteiger partial charge in [-0.15, -0.1) is 0 Å². The molecule has 0 radical (unpaired) electrons. The predicted octanol–water partition coefficient (Wildman–Crippen LogP) is 1.83. The van der Waals surface area contributed by atoms with Crippen molar-refractivity contribution in [1.29, 1.82) is 5.26 Å². The molecule has 6 heteroatoms. The molecule has 0 amide bonds. The predicted molar refractivity (Wildman–Crippen MR) is 70.1 cm³/mol. The van der Waals surface area contributed by atoms with E-state index in [1.165, 1.54) is 0 Å². The van der Waals surface area contributed by atoms with Gasteiger partial charge in [-0.1, -0.05) is 12.1 Å². The van der Waals surface area contributed by atoms with Gasteiger partial charge in [-0.05, 0) is 29.8 Å². The van der Waals surface area contributed by atoms with E-state index in [2.05, 4.69) is 6.07 Å². The van der Waals surface area contributed by atoms with Crippen molar-refractivity contribution in [3.05, 3.63) is 53.9 Å². The van der Waals surface area contributed by atoms with E-state index >= 15 is 0 Å². The van der Waals surface area contributed by atoms with Gasteiger partial charge in [0, 0.05) is 11.9 Å². The Morgan fingerprint density at radius 2 is 1.95 bits per heavy atom. The molecule has 0 N–H and O–H groups in total. The van der Waals surface area contributed by atoms with Crippen molar-refractivity contribution in [1.82, 2.24) is 4.57 Å². The van der Waals surface area contributed by atoms with Crippen LogP contribution < -0.4 is 0 Å². The monoisotopic (exact) mass is 276 g/mol. The van der Waals surface area contributed by atoms with E-state index in [0.717, 1.165) is 17.5 Å². The molecule has 0 spiro atoms. The molecule has 0 saturated carbocycles. The van der Waals surface area contributed by atoms with Gasteiger partial charge in [-0.3, -0.25) is 4.18 Å². The fourth-order valence-corrected chi connectivity index (χ4v) is 1.98. The van der Waals surface area contributed by atoms with Crippen LogP contribution in [0, 0.1) is 11.3 Å². The molecule has 0 bridgehead atoms. The van der Waals surface area contributed by atoms with Gasteiger partial charge in [0.05, 0.1) is 12.9 Å². The molecule has 0 aliphatic rings. The molecule has 1 aromatic carbocycles. The minimum atomic E-state index is -3.43. The van der Waals surface area contributed by atoms with Crippen molar-refractivity contribution in [2.75, 3.05) is 6.26 Å². The first-order valence-corrected chi connectivity index (χ1v) is 7.32. The third-order valence-corrected chi connectivity index (χ3v) is 3.06. The Bertz CT molecular complexity index is 709. The van der Waals surface area contributed by atoms with E-state index in [-0.39, 0.29) is 6.61 Å². The van der Waals surface area contributed by atoms with Crippen LogP contribution in [0.4, 0.5) is 0 Å². The van der Waals surface area contributed by atoms with Crippen molar-refractivity contribution in [2.45, 2.75) is 6.61 Å². The van der Waals surface area contributed by atoms with Crippen LogP contribution in [-0.2, 0) is 20.9 Å². The number of aromatic nitrogens is 1. The first kappa shape index (κ1) is 13.3. The Morgan fingerprint density at radius 3 is 2.53 bits per heavy atom. The molecule has 5 nitrogen and oxygen atoms in total. The average Bonchev–Trinajstić information content (AvgIpc) is 2.84. The Hall–Kier alpha value is -2.10. The molecular weight excluding hydrogens is 264 g/mol. The van der Waals surface area contributed by atoms with Gasteiger partial charge in [0.1, 0.15) is 11.8 Å². The third kappa shape index (κ3) is 3.44. The zero-order chi connectivity index (χ0) is 13.9. The van der Waals surface area contributed by atoms with E-state index in [4.69, 9.17) is 9.44 Å². The van der Waals surface area contributed by atoms with Crippen molar-refractivity contribution in [3.63, 3.8) is 0 Å². The molecule has 0 saturated heterocycles. The minimum Gasteiger partial charge on any atom is -0.308 e. The maximum absolute atomic E-state index is 10.9. The van der Waals surface area contributed by atoms with Gasteiger partial charge in [0.25, 0.3) is 10.1 Å². The first-order chi connectivity index (χ1) is 8.99. The summed E-state index contributed by atoms with van der Waals surface area (Å²) in [6, 6.07) is 12.8. The molecule has 1 heterocycles. The number of nitrogens with zero attached hydrogens (tertiary/aromatic N) is 2. The van der Waals surface area contributed by atoms with Crippen molar-refractivity contribution >= 4 is 10.1 Å². The van der Waals surface area contributed by atoms with Crippen LogP contribution >= 0.6 is 0 Å². The lowest BCUT2D eigenvalue weighted by Crippen LogP contribution is -2.03. The van der Waals surface area contributed by atoms with E-state index in [9.17, 15) is 8.42 Å². The van der Waals surface area contributed by atoms with Crippen LogP contribution in [0.25, 0.3) is 5.69 Å². The zero-order valence-corrected chi connectivity index (χ0v) is 11.1. The highest BCUT2D eigenvalue weighted by atomic mass is 32.2. The van der Waals surface area contributed by atoms with Crippen LogP contribution in [0.15, 0.2) is 42.6 Å². The lowest BCUT2D eigenvalue weighted by Gasteiger charge is -2.06. The topological polar surface area (TPSA) is 72.1 Å². The van der Waals surface area contributed by atoms with E-state index < -0.39 is 10.1 Å². The highest BCUT2D eigenvalue weighted by Crippen LogP contribution is 2.14. The largest absolute Gasteiger partial charge is 0.308 e. The molecule has 1 aromatic heterocycles. The highest BCUT2D eigenvalue weighted by Gasteiger charge is 2.04. The fourth-order valence-electron chi connectivity index (χ4n) is 1.62. The summed E-state index contributed by atoms with van der Waals surface area (Å²) < 4.78 is 28.2. The molecule has 2 rings (SSSR count). The summed E-state index contributed by atoms with van der Waals surface area (Å²) >= 11 is 0. The lowest BCUT2D eigenvalue weighted by molar-refractivity contribution is 0.311. The smallest absolute Gasteiger partial charge is 0.264 e. The standard InChI is InChI=1S/C13H12N2O3S/c1-19(16,17)18-10-11-4-6-12(7-5-11)15-8-2-3-13(15)9-14/h2-8H,10H2,1H3. The summed E-state index contributed by atoms with van der Waals surface area (Å²) in [4.78, 5) is 0. The van der Waals surface area contributed by atoms with E-state index in [1.807, 2.05) is 12.1 Å². The van der Waals surface area contributed by atoms with Gasteiger partial charge in [0.2, 0.25) is 0 Å². The molecule has 0 unspecified atom stereocenters. The summed E-state index contributed by atoms with van der Waals surface area (Å²) in [6.45, 7) is 0.00982. The van der Waals surface area contributed by atoms with Crippen LogP contribution in [0.2, 0.25) is 0 Å². The molecule has 0 fully saturated rings. The molecule has 0 atom stereocenters. The van der Waals surface area contributed by atoms with Crippen LogP contribution in [0.1, 0.15) is 11.3 Å². The van der Waals surface area contributed by atoms with E-state index in [1.54, 1.807) is 35.0 Å². The Labute approximate surface area is 111 Å². The van der Waals surface area contributed by atoms with E-state index in [0.29, 0.717) is 5.69 Å². The second-order valence-electron chi connectivity index (χ2n) is 4.01. The van der Waals surface area contributed by atoms with Crippen molar-refractivity contribution < 1.29 is 12.6 Å². The Kier molecular flexibility index (Phi) is 3.69. The lowest BCUT2D eigenvalue weighted by atomic mass is 10.2. The summed E-state index contributed by atoms with van der Waals surface area (Å²) in [5, 5.41) is 8.94. The SMILES string of the molecule is CS(=O)(=O)OCc1ccc(-n2cccc2C#N)cc1. The summed E-state index contributed by atoms with van der Waals surface area (Å²) in [7, 11) is -3.43. The molecule has 2 aromatic rings. The number of rotatable bonds is 4. The number of nitriles is 1. The third-order valence-electron chi connectivity index (χ3n) is 2.52. The maximum atomic E-state index is 10.9. The van der Waals surface area contributed by atoms with Crippen molar-refractivity contribution in [3.8, 4) is 11.8 Å². The Morgan fingerprint density at radius 1 is 1.26 bits per heavy atom. The van der Waals surface area contributed by atoms with Crippen LogP contribution in [0.5, 0.6) is 0 Å². The van der Waals surface area contributed by atoms with Gasteiger partial charge in [-0.25, -0.2) is 0 Å². The van der Waals surface area contributed by atoms with Crippen molar-refractivity contribution in [2.24, 2.45) is 0 Å². The minimum absolute atomic E-state index is 0.00982. The maximum Gasteiger partial charge on any atom is 0.264 e. The fraction of sp³-hybridized carbons (Fsp3) is 0.154. The summed E-state index contributed by atoms with van der Waals surface area (Å²) in [5.41, 5.74) is 2.13. The molecule has 0 aliphatic heterocycles. The molecular formula is C13H12N2O3S. The average molecular weight is 276 g/mol. The number of benzene rings is 1. The second kappa shape index (κ2) is 5.26. The second-order valence-corrected chi connectivity index (χ2v) is 5.65. The summed E-state index contributed by atoms with van der Waals surface area (Å²) in [5.74, 6) is 0. The molecule has 0 aliphatic carbocycles. The van der Waals surface area contributed by atoms with Crippen LogP contribution in [-0.4, -0.2) is 19.2 Å². The summed E-state index contributed by atoms with van der Waals surface area (Å²) in [6.07, 6.45) is 2.81. The van der Waals surface area contributed by atoms with Gasteiger partial charge >= 0.3 is 0 Å². The normalized spacial score (nSPS) is 11.2. The first-order valence-electron chi connectivity index (χ1n) is 5.51. The number of hydrogen-bond acceptors (Lipinski definition) is 4. The van der Waals surface area contributed by atoms with Gasteiger partial charge in [0.15, 0.2) is 0 Å². The Balaban J connectivity index is 2.18. The molecule has 98 valence electrons. The van der Waals surface area contributed by atoms with Gasteiger partial charge in [-0.2, -0.15) is 13.7 Å². The van der Waals surface area contributed by atoms with Gasteiger partial charge < -0.3 is 4.57 Å². The van der Waals surface area contributed by atoms with Crippen LogP contribution in [0.3, 0.4) is 0 Å². The number of hydrogen-bond donors (Lipinski definition) is 0.